The molecule has 3 heterocycles. The number of rotatable bonds is 1. The maximum atomic E-state index is 5.71. The molecule has 3 aromatic rings. The molecule has 0 radical (unpaired) electrons. The average Bonchev–Trinajstić information content (AvgIpc) is 2.88. The SMILES string of the molecule is Nc1cnc2ccc(-n3ccnc3)nn12. The standard InChI is InChI=1S/C9H8N6/c10-7-5-12-8-1-2-9(13-15(7)8)14-4-3-11-6-14/h1-6H,10H2. The maximum absolute atomic E-state index is 5.71. The first-order valence-corrected chi connectivity index (χ1v) is 4.43. The van der Waals surface area contributed by atoms with Gasteiger partial charge in [0.25, 0.3) is 0 Å². The van der Waals surface area contributed by atoms with Crippen molar-refractivity contribution < 1.29 is 0 Å². The highest BCUT2D eigenvalue weighted by Crippen LogP contribution is 2.09. The number of imidazole rings is 2. The van der Waals surface area contributed by atoms with Crippen LogP contribution < -0.4 is 5.73 Å². The number of nitrogen functional groups attached to an aromatic ring is 1. The Morgan fingerprint density at radius 1 is 1.27 bits per heavy atom. The van der Waals surface area contributed by atoms with E-state index in [0.717, 1.165) is 11.5 Å². The van der Waals surface area contributed by atoms with Gasteiger partial charge in [-0.3, -0.25) is 4.57 Å². The molecule has 0 saturated heterocycles. The summed E-state index contributed by atoms with van der Waals surface area (Å²) < 4.78 is 3.40. The fourth-order valence-corrected chi connectivity index (χ4v) is 1.41. The Kier molecular flexibility index (Phi) is 1.49. The van der Waals surface area contributed by atoms with E-state index in [1.807, 2.05) is 18.3 Å². The first-order valence-electron chi connectivity index (χ1n) is 4.43. The van der Waals surface area contributed by atoms with E-state index in [1.54, 1.807) is 27.8 Å². The monoisotopic (exact) mass is 200 g/mol. The molecule has 0 saturated carbocycles. The Balaban J connectivity index is 2.25. The lowest BCUT2D eigenvalue weighted by Gasteiger charge is -2.01. The van der Waals surface area contributed by atoms with Crippen molar-refractivity contribution in [2.75, 3.05) is 5.73 Å². The summed E-state index contributed by atoms with van der Waals surface area (Å²) in [5.74, 6) is 1.27. The minimum absolute atomic E-state index is 0.520. The topological polar surface area (TPSA) is 74.0 Å². The van der Waals surface area contributed by atoms with Crippen LogP contribution in [-0.4, -0.2) is 24.1 Å². The van der Waals surface area contributed by atoms with Gasteiger partial charge in [0.15, 0.2) is 11.5 Å². The van der Waals surface area contributed by atoms with Gasteiger partial charge in [0.1, 0.15) is 12.1 Å². The summed E-state index contributed by atoms with van der Waals surface area (Å²) in [7, 11) is 0. The van der Waals surface area contributed by atoms with Crippen molar-refractivity contribution in [3.63, 3.8) is 0 Å². The molecule has 3 rings (SSSR count). The molecule has 0 aliphatic carbocycles. The zero-order valence-corrected chi connectivity index (χ0v) is 7.78. The number of hydrogen-bond acceptors (Lipinski definition) is 4. The number of aromatic nitrogens is 5. The highest BCUT2D eigenvalue weighted by atomic mass is 15.3. The van der Waals surface area contributed by atoms with Crippen LogP contribution in [0.15, 0.2) is 37.1 Å². The Labute approximate surface area is 85.0 Å². The molecule has 0 fully saturated rings. The van der Waals surface area contributed by atoms with E-state index < -0.39 is 0 Å². The summed E-state index contributed by atoms with van der Waals surface area (Å²) in [6, 6.07) is 3.72. The second kappa shape index (κ2) is 2.81. The van der Waals surface area contributed by atoms with Gasteiger partial charge in [-0.2, -0.15) is 4.52 Å². The molecule has 0 aliphatic heterocycles. The highest BCUT2D eigenvalue weighted by Gasteiger charge is 2.03. The molecule has 0 spiro atoms. The predicted molar refractivity (Wildman–Crippen MR) is 54.5 cm³/mol. The van der Waals surface area contributed by atoms with Crippen molar-refractivity contribution in [1.29, 1.82) is 0 Å². The minimum Gasteiger partial charge on any atom is -0.382 e. The van der Waals surface area contributed by atoms with E-state index >= 15 is 0 Å². The average molecular weight is 200 g/mol. The quantitative estimate of drug-likeness (QED) is 0.620. The minimum atomic E-state index is 0.520. The molecule has 15 heavy (non-hydrogen) atoms. The van der Waals surface area contributed by atoms with Gasteiger partial charge in [-0.1, -0.05) is 0 Å². The summed E-state index contributed by atoms with van der Waals surface area (Å²) in [5.41, 5.74) is 6.44. The molecule has 0 aromatic carbocycles. The van der Waals surface area contributed by atoms with Crippen molar-refractivity contribution in [2.24, 2.45) is 0 Å². The molecular weight excluding hydrogens is 192 g/mol. The van der Waals surface area contributed by atoms with Crippen LogP contribution in [0.1, 0.15) is 0 Å². The van der Waals surface area contributed by atoms with Crippen LogP contribution in [0.3, 0.4) is 0 Å². The first-order chi connectivity index (χ1) is 7.34. The Bertz CT molecular complexity index is 594. The summed E-state index contributed by atoms with van der Waals surface area (Å²) >= 11 is 0. The van der Waals surface area contributed by atoms with Crippen molar-refractivity contribution in [3.8, 4) is 5.82 Å². The maximum Gasteiger partial charge on any atom is 0.159 e. The van der Waals surface area contributed by atoms with E-state index in [2.05, 4.69) is 15.1 Å². The van der Waals surface area contributed by atoms with Crippen LogP contribution in [0.5, 0.6) is 0 Å². The lowest BCUT2D eigenvalue weighted by molar-refractivity contribution is 0.870. The van der Waals surface area contributed by atoms with E-state index in [0.29, 0.717) is 5.82 Å². The fourth-order valence-electron chi connectivity index (χ4n) is 1.41. The molecule has 6 nitrogen and oxygen atoms in total. The van der Waals surface area contributed by atoms with Gasteiger partial charge in [0, 0.05) is 12.4 Å². The van der Waals surface area contributed by atoms with Gasteiger partial charge < -0.3 is 5.73 Å². The van der Waals surface area contributed by atoms with Gasteiger partial charge in [-0.25, -0.2) is 9.97 Å². The highest BCUT2D eigenvalue weighted by molar-refractivity contribution is 5.47. The van der Waals surface area contributed by atoms with Gasteiger partial charge in [-0.05, 0) is 12.1 Å². The zero-order chi connectivity index (χ0) is 10.3. The van der Waals surface area contributed by atoms with Crippen LogP contribution in [0, 0.1) is 0 Å². The summed E-state index contributed by atoms with van der Waals surface area (Å²) in [5, 5.41) is 4.33. The van der Waals surface area contributed by atoms with Gasteiger partial charge in [0.05, 0.1) is 6.20 Å². The Morgan fingerprint density at radius 3 is 3.00 bits per heavy atom. The summed E-state index contributed by atoms with van der Waals surface area (Å²) in [4.78, 5) is 8.05. The van der Waals surface area contributed by atoms with E-state index in [4.69, 9.17) is 5.73 Å². The van der Waals surface area contributed by atoms with Crippen LogP contribution in [-0.2, 0) is 0 Å². The van der Waals surface area contributed by atoms with Gasteiger partial charge in [0.2, 0.25) is 0 Å². The van der Waals surface area contributed by atoms with Crippen LogP contribution in [0.25, 0.3) is 11.5 Å². The van der Waals surface area contributed by atoms with E-state index in [9.17, 15) is 0 Å². The zero-order valence-electron chi connectivity index (χ0n) is 7.78. The molecule has 0 bridgehead atoms. The molecular formula is C9H8N6. The summed E-state index contributed by atoms with van der Waals surface area (Å²) in [6.07, 6.45) is 6.78. The van der Waals surface area contributed by atoms with Crippen LogP contribution in [0.4, 0.5) is 5.82 Å². The van der Waals surface area contributed by atoms with Crippen LogP contribution >= 0.6 is 0 Å². The third kappa shape index (κ3) is 1.15. The molecule has 2 N–H and O–H groups in total. The third-order valence-electron chi connectivity index (χ3n) is 2.14. The third-order valence-corrected chi connectivity index (χ3v) is 2.14. The lowest BCUT2D eigenvalue weighted by atomic mass is 10.5. The van der Waals surface area contributed by atoms with Crippen molar-refractivity contribution in [2.45, 2.75) is 0 Å². The molecule has 0 aliphatic rings. The van der Waals surface area contributed by atoms with Crippen molar-refractivity contribution >= 4 is 11.5 Å². The Morgan fingerprint density at radius 2 is 2.20 bits per heavy atom. The second-order valence-electron chi connectivity index (χ2n) is 3.11. The number of anilines is 1. The molecule has 6 heteroatoms. The largest absolute Gasteiger partial charge is 0.382 e. The molecule has 0 amide bonds. The normalized spacial score (nSPS) is 10.9. The van der Waals surface area contributed by atoms with Crippen molar-refractivity contribution in [1.82, 2.24) is 24.1 Å². The number of fused-ring (bicyclic) bond motifs is 1. The predicted octanol–water partition coefficient (Wildman–Crippen LogP) is 0.497. The summed E-state index contributed by atoms with van der Waals surface area (Å²) in [6.45, 7) is 0. The van der Waals surface area contributed by atoms with E-state index in [1.165, 1.54) is 0 Å². The van der Waals surface area contributed by atoms with E-state index in [-0.39, 0.29) is 0 Å². The Hall–Kier alpha value is -2.37. The molecule has 74 valence electrons. The van der Waals surface area contributed by atoms with Crippen molar-refractivity contribution in [3.05, 3.63) is 37.1 Å². The molecule has 3 aromatic heterocycles. The second-order valence-corrected chi connectivity index (χ2v) is 3.11. The number of hydrogen-bond donors (Lipinski definition) is 1. The smallest absolute Gasteiger partial charge is 0.159 e. The fraction of sp³-hybridized carbons (Fsp3) is 0. The van der Waals surface area contributed by atoms with Gasteiger partial charge in [-0.15, -0.1) is 5.10 Å². The number of nitrogens with zero attached hydrogens (tertiary/aromatic N) is 5. The number of nitrogens with two attached hydrogens (primary N) is 1. The van der Waals surface area contributed by atoms with Crippen LogP contribution in [0.2, 0.25) is 0 Å². The lowest BCUT2D eigenvalue weighted by Crippen LogP contribution is -2.02. The molecule has 0 atom stereocenters. The van der Waals surface area contributed by atoms with Gasteiger partial charge >= 0.3 is 0 Å². The first kappa shape index (κ1) is 7.98. The molecule has 0 unspecified atom stereocenters.